The second-order valence-electron chi connectivity index (χ2n) is 6.26. The van der Waals surface area contributed by atoms with Gasteiger partial charge in [0.25, 0.3) is 0 Å². The van der Waals surface area contributed by atoms with Crippen LogP contribution in [0, 0.1) is 5.82 Å². The summed E-state index contributed by atoms with van der Waals surface area (Å²) in [6, 6.07) is 1.93. The highest BCUT2D eigenvalue weighted by Gasteiger charge is 2.31. The molecule has 128 valence electrons. The number of aromatic hydroxyl groups is 2. The Labute approximate surface area is 139 Å². The van der Waals surface area contributed by atoms with Crippen LogP contribution < -0.4 is 0 Å². The van der Waals surface area contributed by atoms with Gasteiger partial charge >= 0.3 is 0 Å². The molecule has 1 heterocycles. The first-order valence-corrected chi connectivity index (χ1v) is 7.93. The van der Waals surface area contributed by atoms with E-state index < -0.39 is 11.6 Å². The van der Waals surface area contributed by atoms with Crippen molar-refractivity contribution in [3.05, 3.63) is 46.3 Å². The Kier molecular flexibility index (Phi) is 4.69. The molecule has 1 aromatic rings. The fourth-order valence-corrected chi connectivity index (χ4v) is 3.56. The normalized spacial score (nSPS) is 21.4. The molecule has 0 radical (unpaired) electrons. The first-order valence-electron chi connectivity index (χ1n) is 7.93. The summed E-state index contributed by atoms with van der Waals surface area (Å²) < 4.78 is 14.1. The van der Waals surface area contributed by atoms with E-state index >= 15 is 0 Å². The average molecular weight is 333 g/mol. The molecule has 0 aromatic heterocycles. The Bertz CT molecular complexity index is 726. The van der Waals surface area contributed by atoms with Crippen molar-refractivity contribution in [2.24, 2.45) is 0 Å². The maximum atomic E-state index is 14.1. The predicted octanol–water partition coefficient (Wildman–Crippen LogP) is 2.02. The molecule has 3 rings (SSSR count). The topological polar surface area (TPSA) is 81.0 Å². The Morgan fingerprint density at radius 1 is 1.29 bits per heavy atom. The molecule has 24 heavy (non-hydrogen) atoms. The lowest BCUT2D eigenvalue weighted by Gasteiger charge is -2.39. The summed E-state index contributed by atoms with van der Waals surface area (Å²) in [5, 5.41) is 28.7. The smallest absolute Gasteiger partial charge is 0.160 e. The first kappa shape index (κ1) is 16.7. The minimum absolute atomic E-state index is 0.141. The Morgan fingerprint density at radius 3 is 2.75 bits per heavy atom. The van der Waals surface area contributed by atoms with E-state index in [2.05, 4.69) is 0 Å². The number of carbonyl (C=O) groups is 1. The lowest BCUT2D eigenvalue weighted by Crippen LogP contribution is -2.44. The molecule has 6 heteroatoms. The standard InChI is InChI=1S/C18H20FNO4/c19-15-8-18(24)17(23)7-13(15)6-16-14-2-1-11(9-21)5-12(14)3-4-20(16)10-22/h1,7-9,16,22-24H,2-6,10H2. The largest absolute Gasteiger partial charge is 0.504 e. The molecule has 0 fully saturated rings. The molecule has 3 N–H and O–H groups in total. The van der Waals surface area contributed by atoms with Crippen molar-refractivity contribution >= 4 is 6.29 Å². The van der Waals surface area contributed by atoms with Crippen LogP contribution in [0.1, 0.15) is 24.8 Å². The highest BCUT2D eigenvalue weighted by atomic mass is 19.1. The van der Waals surface area contributed by atoms with Gasteiger partial charge in [-0.2, -0.15) is 0 Å². The summed E-state index contributed by atoms with van der Waals surface area (Å²) in [5.74, 6) is -1.44. The lowest BCUT2D eigenvalue weighted by atomic mass is 9.81. The maximum absolute atomic E-state index is 14.1. The molecule has 2 aliphatic rings. The first-order chi connectivity index (χ1) is 11.5. The molecule has 0 bridgehead atoms. The highest BCUT2D eigenvalue weighted by molar-refractivity contribution is 5.75. The van der Waals surface area contributed by atoms with Crippen molar-refractivity contribution in [2.75, 3.05) is 13.3 Å². The summed E-state index contributed by atoms with van der Waals surface area (Å²) in [7, 11) is 0. The molecular weight excluding hydrogens is 313 g/mol. The van der Waals surface area contributed by atoms with Gasteiger partial charge in [-0.15, -0.1) is 0 Å². The second kappa shape index (κ2) is 6.75. The number of phenolic OH excluding ortho intramolecular Hbond substituents is 2. The molecule has 1 aromatic carbocycles. The van der Waals surface area contributed by atoms with Crippen molar-refractivity contribution in [1.82, 2.24) is 4.90 Å². The van der Waals surface area contributed by atoms with Crippen LogP contribution in [0.3, 0.4) is 0 Å². The quantitative estimate of drug-likeness (QED) is 0.446. The van der Waals surface area contributed by atoms with E-state index in [1.54, 1.807) is 0 Å². The predicted molar refractivity (Wildman–Crippen MR) is 86.0 cm³/mol. The fourth-order valence-electron chi connectivity index (χ4n) is 3.56. The number of aldehydes is 1. The van der Waals surface area contributed by atoms with E-state index in [0.29, 0.717) is 19.4 Å². The minimum Gasteiger partial charge on any atom is -0.504 e. The number of phenols is 2. The molecule has 1 aliphatic carbocycles. The molecule has 1 unspecified atom stereocenters. The third-order valence-corrected chi connectivity index (χ3v) is 4.89. The molecular formula is C18H20FNO4. The number of rotatable bonds is 4. The summed E-state index contributed by atoms with van der Waals surface area (Å²) in [6.07, 6.45) is 5.03. The Balaban J connectivity index is 1.92. The van der Waals surface area contributed by atoms with Crippen LogP contribution in [-0.4, -0.2) is 45.8 Å². The van der Waals surface area contributed by atoms with E-state index in [4.69, 9.17) is 0 Å². The van der Waals surface area contributed by atoms with Gasteiger partial charge in [-0.25, -0.2) is 4.39 Å². The molecule has 0 saturated carbocycles. The lowest BCUT2D eigenvalue weighted by molar-refractivity contribution is -0.105. The zero-order chi connectivity index (χ0) is 17.3. The van der Waals surface area contributed by atoms with E-state index in [1.807, 2.05) is 11.0 Å². The summed E-state index contributed by atoms with van der Waals surface area (Å²) in [5.41, 5.74) is 3.33. The molecule has 0 saturated heterocycles. The summed E-state index contributed by atoms with van der Waals surface area (Å²) >= 11 is 0. The summed E-state index contributed by atoms with van der Waals surface area (Å²) in [4.78, 5) is 12.9. The number of hydrogen-bond acceptors (Lipinski definition) is 5. The average Bonchev–Trinajstić information content (AvgIpc) is 2.59. The van der Waals surface area contributed by atoms with E-state index in [1.165, 1.54) is 11.6 Å². The fraction of sp³-hybridized carbons (Fsp3) is 0.389. The maximum Gasteiger partial charge on any atom is 0.160 e. The van der Waals surface area contributed by atoms with Gasteiger partial charge in [0.05, 0.1) is 6.73 Å². The number of benzene rings is 1. The number of halogens is 1. The third kappa shape index (κ3) is 3.07. The van der Waals surface area contributed by atoms with Crippen molar-refractivity contribution in [2.45, 2.75) is 31.7 Å². The number of aliphatic hydroxyl groups is 1. The van der Waals surface area contributed by atoms with Crippen LogP contribution in [-0.2, 0) is 11.2 Å². The van der Waals surface area contributed by atoms with Crippen LogP contribution in [0.5, 0.6) is 11.5 Å². The van der Waals surface area contributed by atoms with Gasteiger partial charge in [-0.1, -0.05) is 11.6 Å². The highest BCUT2D eigenvalue weighted by Crippen LogP contribution is 2.36. The molecule has 1 aliphatic heterocycles. The van der Waals surface area contributed by atoms with Crippen LogP contribution in [0.25, 0.3) is 0 Å². The van der Waals surface area contributed by atoms with Gasteiger partial charge in [-0.05, 0) is 48.5 Å². The van der Waals surface area contributed by atoms with Crippen molar-refractivity contribution in [3.8, 4) is 11.5 Å². The van der Waals surface area contributed by atoms with Gasteiger partial charge in [-0.3, -0.25) is 9.69 Å². The number of nitrogens with zero attached hydrogens (tertiary/aromatic N) is 1. The SMILES string of the molecule is O=CC1=CCC2=C(CCN(CO)C2Cc2cc(O)c(O)cc2F)C1. The monoisotopic (exact) mass is 333 g/mol. The molecule has 0 spiro atoms. The number of carbonyl (C=O) groups excluding carboxylic acids is 1. The molecule has 0 amide bonds. The van der Waals surface area contributed by atoms with Crippen molar-refractivity contribution in [1.29, 1.82) is 0 Å². The van der Waals surface area contributed by atoms with Crippen LogP contribution in [0.2, 0.25) is 0 Å². The van der Waals surface area contributed by atoms with Crippen LogP contribution >= 0.6 is 0 Å². The van der Waals surface area contributed by atoms with Gasteiger partial charge in [0.2, 0.25) is 0 Å². The van der Waals surface area contributed by atoms with Gasteiger partial charge < -0.3 is 15.3 Å². The number of aliphatic hydroxyl groups excluding tert-OH is 1. The molecule has 5 nitrogen and oxygen atoms in total. The summed E-state index contributed by atoms with van der Waals surface area (Å²) in [6.45, 7) is 0.495. The van der Waals surface area contributed by atoms with Gasteiger partial charge in [0.1, 0.15) is 12.1 Å². The zero-order valence-electron chi connectivity index (χ0n) is 13.2. The third-order valence-electron chi connectivity index (χ3n) is 4.89. The van der Waals surface area contributed by atoms with Gasteiger partial charge in [0.15, 0.2) is 11.5 Å². The van der Waals surface area contributed by atoms with E-state index in [-0.39, 0.29) is 30.5 Å². The van der Waals surface area contributed by atoms with E-state index in [9.17, 15) is 24.5 Å². The van der Waals surface area contributed by atoms with Gasteiger partial charge in [0, 0.05) is 18.7 Å². The second-order valence-corrected chi connectivity index (χ2v) is 6.26. The van der Waals surface area contributed by atoms with Crippen molar-refractivity contribution in [3.63, 3.8) is 0 Å². The van der Waals surface area contributed by atoms with E-state index in [0.717, 1.165) is 29.9 Å². The molecule has 1 atom stereocenters. The number of hydrogen-bond donors (Lipinski definition) is 3. The van der Waals surface area contributed by atoms with Crippen molar-refractivity contribution < 1.29 is 24.5 Å². The Hall–Kier alpha value is -2.18. The van der Waals surface area contributed by atoms with Crippen LogP contribution in [0.15, 0.2) is 34.9 Å². The zero-order valence-corrected chi connectivity index (χ0v) is 13.2. The van der Waals surface area contributed by atoms with Crippen LogP contribution in [0.4, 0.5) is 4.39 Å². The Morgan fingerprint density at radius 2 is 2.04 bits per heavy atom. The minimum atomic E-state index is -0.587. The number of allylic oxidation sites excluding steroid dienone is 2.